The van der Waals surface area contributed by atoms with Gasteiger partial charge in [-0.2, -0.15) is 10.1 Å². The van der Waals surface area contributed by atoms with Gasteiger partial charge in [0.15, 0.2) is 23.8 Å². The van der Waals surface area contributed by atoms with Crippen LogP contribution in [0.15, 0.2) is 75.5 Å². The second-order valence-electron chi connectivity index (χ2n) is 9.21. The van der Waals surface area contributed by atoms with Crippen molar-refractivity contribution < 1.29 is 36.1 Å². The summed E-state index contributed by atoms with van der Waals surface area (Å²) in [6.45, 7) is 5.11. The molecule has 0 atom stereocenters. The van der Waals surface area contributed by atoms with Gasteiger partial charge >= 0.3 is 0 Å². The van der Waals surface area contributed by atoms with E-state index in [4.69, 9.17) is 18.5 Å². The molecule has 16 heteroatoms. The van der Waals surface area contributed by atoms with Crippen LogP contribution in [0, 0.1) is 0 Å². The summed E-state index contributed by atoms with van der Waals surface area (Å²) in [6, 6.07) is 8.22. The Kier molecular flexibility index (Phi) is 8.38. The van der Waals surface area contributed by atoms with Crippen molar-refractivity contribution in [1.82, 2.24) is 30.4 Å². The highest BCUT2D eigenvalue weighted by atomic mass is 32.2. The molecule has 2 aromatic carbocycles. The molecular formula is C27H26FN7O7S. The normalized spacial score (nSPS) is 11.4. The lowest BCUT2D eigenvalue weighted by Gasteiger charge is -2.13. The summed E-state index contributed by atoms with van der Waals surface area (Å²) in [5, 5.41) is 14.6. The molecule has 0 aliphatic carbocycles. The van der Waals surface area contributed by atoms with Crippen LogP contribution in [-0.4, -0.2) is 46.5 Å². The van der Waals surface area contributed by atoms with Gasteiger partial charge in [-0.3, -0.25) is 14.2 Å². The SMILES string of the molecule is C=C(F)C(=O)NCc1cnn(Cc2cc(OC)c3c(NS(=O)(=O)c4cc(CC)ccc4OCc4ncon4)noc3c2)c1. The first kappa shape index (κ1) is 29.2. The minimum Gasteiger partial charge on any atom is -0.496 e. The molecule has 0 spiro atoms. The number of aryl methyl sites for hydroxylation is 1. The first-order valence-electron chi connectivity index (χ1n) is 12.8. The zero-order valence-electron chi connectivity index (χ0n) is 23.0. The summed E-state index contributed by atoms with van der Waals surface area (Å²) in [7, 11) is -2.78. The molecule has 0 saturated carbocycles. The molecule has 5 aromatic rings. The number of anilines is 1. The summed E-state index contributed by atoms with van der Waals surface area (Å²) in [5.41, 5.74) is 2.39. The van der Waals surface area contributed by atoms with E-state index in [2.05, 4.69) is 37.0 Å². The summed E-state index contributed by atoms with van der Waals surface area (Å²) >= 11 is 0. The van der Waals surface area contributed by atoms with Gasteiger partial charge in [-0.1, -0.05) is 29.9 Å². The van der Waals surface area contributed by atoms with Crippen molar-refractivity contribution in [1.29, 1.82) is 0 Å². The molecule has 0 saturated heterocycles. The summed E-state index contributed by atoms with van der Waals surface area (Å²) in [6.07, 6.45) is 4.96. The number of sulfonamides is 1. The molecule has 43 heavy (non-hydrogen) atoms. The number of ether oxygens (including phenoxy) is 2. The third kappa shape index (κ3) is 6.64. The first-order valence-corrected chi connectivity index (χ1v) is 14.3. The van der Waals surface area contributed by atoms with E-state index in [1.807, 2.05) is 6.92 Å². The number of halogens is 1. The van der Waals surface area contributed by atoms with Crippen LogP contribution in [-0.2, 0) is 40.9 Å². The molecule has 0 fully saturated rings. The van der Waals surface area contributed by atoms with Crippen molar-refractivity contribution in [3.63, 3.8) is 0 Å². The van der Waals surface area contributed by atoms with Gasteiger partial charge in [0.1, 0.15) is 21.8 Å². The summed E-state index contributed by atoms with van der Waals surface area (Å²) in [5.74, 6) is -1.40. The topological polar surface area (TPSA) is 176 Å². The quantitative estimate of drug-likeness (QED) is 0.186. The zero-order chi connectivity index (χ0) is 30.6. The van der Waals surface area contributed by atoms with Gasteiger partial charge in [-0.15, -0.1) is 0 Å². The Morgan fingerprint density at radius 3 is 2.70 bits per heavy atom. The van der Waals surface area contributed by atoms with Gasteiger partial charge < -0.3 is 23.8 Å². The lowest BCUT2D eigenvalue weighted by molar-refractivity contribution is -0.119. The molecule has 3 heterocycles. The van der Waals surface area contributed by atoms with E-state index in [0.717, 1.165) is 12.0 Å². The Labute approximate surface area is 244 Å². The minimum absolute atomic E-state index is 0.0702. The molecule has 14 nitrogen and oxygen atoms in total. The Bertz CT molecular complexity index is 1880. The van der Waals surface area contributed by atoms with Gasteiger partial charge in [-0.25, -0.2) is 12.8 Å². The fourth-order valence-corrected chi connectivity index (χ4v) is 5.35. The Morgan fingerprint density at radius 2 is 1.98 bits per heavy atom. The minimum atomic E-state index is -4.22. The molecule has 5 rings (SSSR count). The van der Waals surface area contributed by atoms with E-state index in [9.17, 15) is 17.6 Å². The van der Waals surface area contributed by atoms with Gasteiger partial charge in [0.2, 0.25) is 12.2 Å². The monoisotopic (exact) mass is 611 g/mol. The van der Waals surface area contributed by atoms with Gasteiger partial charge in [-0.05, 0) is 41.8 Å². The number of hydrogen-bond donors (Lipinski definition) is 2. The van der Waals surface area contributed by atoms with E-state index in [1.54, 1.807) is 35.1 Å². The Balaban J connectivity index is 1.38. The van der Waals surface area contributed by atoms with Crippen molar-refractivity contribution in [2.75, 3.05) is 11.8 Å². The highest BCUT2D eigenvalue weighted by Gasteiger charge is 2.25. The average Bonchev–Trinajstić information content (AvgIpc) is 3.76. The van der Waals surface area contributed by atoms with E-state index >= 15 is 0 Å². The lowest BCUT2D eigenvalue weighted by Crippen LogP contribution is -2.22. The summed E-state index contributed by atoms with van der Waals surface area (Å²) in [4.78, 5) is 15.2. The fourth-order valence-electron chi connectivity index (χ4n) is 4.14. The zero-order valence-corrected chi connectivity index (χ0v) is 23.9. The Hall–Kier alpha value is -5.25. The number of aromatic nitrogens is 5. The van der Waals surface area contributed by atoms with Crippen LogP contribution in [0.3, 0.4) is 0 Å². The molecule has 0 radical (unpaired) electrons. The number of rotatable bonds is 13. The smallest absolute Gasteiger partial charge is 0.279 e. The first-order chi connectivity index (χ1) is 20.7. The largest absolute Gasteiger partial charge is 0.496 e. The van der Waals surface area contributed by atoms with Crippen molar-refractivity contribution in [3.8, 4) is 11.5 Å². The van der Waals surface area contributed by atoms with E-state index < -0.39 is 21.8 Å². The molecule has 0 aliphatic heterocycles. The standard InChI is InChI=1S/C27H26FN7O7S/c1-4-17-5-6-20(40-14-24-30-15-41-32-24)23(9-17)43(37,38)34-26-25-21(39-3)7-18(8-22(25)42-33-26)12-35-13-19(11-31-35)10-29-27(36)16(2)28/h5-9,11,13,15H,2,4,10,12,14H2,1,3H3,(H,29,36)(H,33,34). The van der Waals surface area contributed by atoms with Crippen LogP contribution in [0.1, 0.15) is 29.4 Å². The van der Waals surface area contributed by atoms with Crippen molar-refractivity contribution >= 4 is 32.7 Å². The number of carbonyl (C=O) groups excluding carboxylic acids is 1. The molecule has 0 aliphatic rings. The number of amides is 1. The van der Waals surface area contributed by atoms with E-state index in [1.165, 1.54) is 19.4 Å². The third-order valence-corrected chi connectivity index (χ3v) is 7.61. The van der Waals surface area contributed by atoms with Crippen LogP contribution < -0.4 is 19.5 Å². The third-order valence-electron chi connectivity index (χ3n) is 6.25. The maximum absolute atomic E-state index is 13.6. The van der Waals surface area contributed by atoms with E-state index in [-0.39, 0.29) is 47.6 Å². The number of fused-ring (bicyclic) bond motifs is 1. The van der Waals surface area contributed by atoms with Crippen LogP contribution in [0.5, 0.6) is 11.5 Å². The Morgan fingerprint density at radius 1 is 1.14 bits per heavy atom. The average molecular weight is 612 g/mol. The highest BCUT2D eigenvalue weighted by molar-refractivity contribution is 7.92. The van der Waals surface area contributed by atoms with Crippen LogP contribution >= 0.6 is 0 Å². The van der Waals surface area contributed by atoms with Crippen LogP contribution in [0.4, 0.5) is 10.2 Å². The van der Waals surface area contributed by atoms with Gasteiger partial charge in [0.25, 0.3) is 15.9 Å². The molecular weight excluding hydrogens is 585 g/mol. The lowest BCUT2D eigenvalue weighted by atomic mass is 10.1. The van der Waals surface area contributed by atoms with Crippen molar-refractivity contribution in [2.24, 2.45) is 0 Å². The maximum atomic E-state index is 13.6. The number of benzene rings is 2. The second kappa shape index (κ2) is 12.3. The highest BCUT2D eigenvalue weighted by Crippen LogP contribution is 2.36. The van der Waals surface area contributed by atoms with Crippen LogP contribution in [0.25, 0.3) is 11.0 Å². The number of methoxy groups -OCH3 is 1. The number of nitrogens with one attached hydrogen (secondary N) is 2. The van der Waals surface area contributed by atoms with Crippen molar-refractivity contribution in [3.05, 3.63) is 84.0 Å². The molecule has 3 aromatic heterocycles. The predicted molar refractivity (Wildman–Crippen MR) is 149 cm³/mol. The molecule has 0 unspecified atom stereocenters. The predicted octanol–water partition coefficient (Wildman–Crippen LogP) is 3.51. The number of nitrogens with zero attached hydrogens (tertiary/aromatic N) is 5. The summed E-state index contributed by atoms with van der Waals surface area (Å²) < 4.78 is 65.7. The molecule has 224 valence electrons. The molecule has 1 amide bonds. The number of carbonyl (C=O) groups is 1. The molecule has 0 bridgehead atoms. The molecule has 2 N–H and O–H groups in total. The van der Waals surface area contributed by atoms with E-state index in [0.29, 0.717) is 28.7 Å². The van der Waals surface area contributed by atoms with Gasteiger partial charge in [0, 0.05) is 18.3 Å². The second-order valence-corrected chi connectivity index (χ2v) is 10.9. The van der Waals surface area contributed by atoms with Crippen LogP contribution in [0.2, 0.25) is 0 Å². The maximum Gasteiger partial charge on any atom is 0.279 e. The fraction of sp³-hybridized carbons (Fsp3) is 0.222. The van der Waals surface area contributed by atoms with Crippen molar-refractivity contribution in [2.45, 2.75) is 37.9 Å². The van der Waals surface area contributed by atoms with Gasteiger partial charge in [0.05, 0.1) is 19.9 Å². The number of hydrogen-bond acceptors (Lipinski definition) is 11.